The second-order valence-corrected chi connectivity index (χ2v) is 14.2. The Morgan fingerprint density at radius 1 is 0.764 bits per heavy atom. The van der Waals surface area contributed by atoms with Gasteiger partial charge in [-0.1, -0.05) is 71.9 Å². The van der Waals surface area contributed by atoms with Gasteiger partial charge in [-0.05, 0) is 68.7 Å². The summed E-state index contributed by atoms with van der Waals surface area (Å²) < 4.78 is 10.8. The first kappa shape index (κ1) is 34.1. The van der Waals surface area contributed by atoms with Crippen molar-refractivity contribution in [3.05, 3.63) is 166 Å². The largest absolute Gasteiger partial charge is 0.456 e. The first-order chi connectivity index (χ1) is 26.9. The lowest BCUT2D eigenvalue weighted by atomic mass is 9.74. The molecule has 7 aromatic rings. The van der Waals surface area contributed by atoms with Crippen LogP contribution in [0.1, 0.15) is 68.8 Å². The summed E-state index contributed by atoms with van der Waals surface area (Å²) in [6.07, 6.45) is 5.90. The van der Waals surface area contributed by atoms with Gasteiger partial charge < -0.3 is 19.9 Å². The van der Waals surface area contributed by atoms with Gasteiger partial charge in [-0.15, -0.1) is 5.10 Å². The van der Waals surface area contributed by atoms with Crippen LogP contribution in [0.15, 0.2) is 121 Å². The average molecular weight is 727 g/mol. The van der Waals surface area contributed by atoms with E-state index in [1.807, 2.05) is 65.6 Å². The fourth-order valence-electron chi connectivity index (χ4n) is 8.22. The third kappa shape index (κ3) is 5.64. The summed E-state index contributed by atoms with van der Waals surface area (Å²) in [7, 11) is 0. The molecule has 0 fully saturated rings. The number of amides is 1. The first-order valence-corrected chi connectivity index (χ1v) is 18.8. The predicted octanol–water partition coefficient (Wildman–Crippen LogP) is 8.70. The summed E-state index contributed by atoms with van der Waals surface area (Å²) in [5, 5.41) is 23.8. The Balaban J connectivity index is 1.17. The fraction of sp³-hybridized carbons (Fsp3) is 0.200. The van der Waals surface area contributed by atoms with Gasteiger partial charge in [0, 0.05) is 81.5 Å². The molecule has 9 rings (SSSR count). The molecule has 55 heavy (non-hydrogen) atoms. The van der Waals surface area contributed by atoms with Gasteiger partial charge in [0.1, 0.15) is 22.7 Å². The topological polar surface area (TPSA) is 102 Å². The molecule has 0 saturated heterocycles. The van der Waals surface area contributed by atoms with Crippen LogP contribution in [0.4, 0.5) is 11.4 Å². The molecule has 0 unspecified atom stereocenters. The molecule has 274 valence electrons. The van der Waals surface area contributed by atoms with E-state index in [0.717, 1.165) is 80.0 Å². The van der Waals surface area contributed by atoms with Crippen molar-refractivity contribution < 1.29 is 9.53 Å². The molecular weight excluding hydrogens is 685 g/mol. The standard InChI is InChI=1S/C45H42N8O2/c1-5-46-39-22-42-37(20-29(39)3)45(38-21-30(4)40(47-6-2)23-43(38)55-42)36-18-12-10-17-35(36)44(54)53(45)48-24-32-26-51(41-19-13-11-16-34(32)41)27-33-28-52(50-49-33)25-31-14-8-7-9-15-31/h7-24,26,28,46-47H,5-6,25,27H2,1-4H3/b48-24+. The van der Waals surface area contributed by atoms with Crippen LogP contribution in [-0.4, -0.2) is 49.8 Å². The number of aryl methyl sites for hydroxylation is 2. The predicted molar refractivity (Wildman–Crippen MR) is 217 cm³/mol. The number of anilines is 2. The summed E-state index contributed by atoms with van der Waals surface area (Å²) in [5.74, 6) is 1.19. The van der Waals surface area contributed by atoms with Crippen molar-refractivity contribution in [3.63, 3.8) is 0 Å². The minimum Gasteiger partial charge on any atom is -0.456 e. The fourth-order valence-corrected chi connectivity index (χ4v) is 8.22. The average Bonchev–Trinajstić information content (AvgIpc) is 3.86. The Bertz CT molecular complexity index is 2560. The van der Waals surface area contributed by atoms with Gasteiger partial charge in [0.15, 0.2) is 0 Å². The van der Waals surface area contributed by atoms with Gasteiger partial charge in [-0.3, -0.25) is 4.79 Å². The zero-order valence-corrected chi connectivity index (χ0v) is 31.4. The molecule has 0 saturated carbocycles. The number of benzene rings is 5. The molecule has 0 radical (unpaired) electrons. The van der Waals surface area contributed by atoms with E-state index in [1.54, 1.807) is 5.01 Å². The first-order valence-electron chi connectivity index (χ1n) is 18.8. The maximum atomic E-state index is 14.8. The number of aromatic nitrogens is 4. The third-order valence-electron chi connectivity index (χ3n) is 10.7. The van der Waals surface area contributed by atoms with E-state index in [0.29, 0.717) is 30.2 Å². The number of rotatable bonds is 10. The van der Waals surface area contributed by atoms with Gasteiger partial charge >= 0.3 is 0 Å². The minimum absolute atomic E-state index is 0.175. The van der Waals surface area contributed by atoms with Crippen LogP contribution in [0.5, 0.6) is 11.5 Å². The lowest BCUT2D eigenvalue weighted by Gasteiger charge is -2.42. The quantitative estimate of drug-likeness (QED) is 0.137. The van der Waals surface area contributed by atoms with Gasteiger partial charge in [-0.25, -0.2) is 9.69 Å². The van der Waals surface area contributed by atoms with E-state index in [9.17, 15) is 4.79 Å². The highest BCUT2D eigenvalue weighted by Crippen LogP contribution is 2.59. The van der Waals surface area contributed by atoms with Crippen molar-refractivity contribution in [2.75, 3.05) is 23.7 Å². The number of para-hydroxylation sites is 1. The molecule has 10 heteroatoms. The number of hydrazone groups is 1. The smallest absolute Gasteiger partial charge is 0.275 e. The zero-order chi connectivity index (χ0) is 37.7. The van der Waals surface area contributed by atoms with Crippen molar-refractivity contribution in [2.45, 2.75) is 46.3 Å². The van der Waals surface area contributed by atoms with E-state index in [1.165, 1.54) is 0 Å². The highest BCUT2D eigenvalue weighted by molar-refractivity contribution is 6.04. The van der Waals surface area contributed by atoms with Crippen LogP contribution in [0.3, 0.4) is 0 Å². The monoisotopic (exact) mass is 726 g/mol. The number of hydrogen-bond acceptors (Lipinski definition) is 7. The molecule has 1 spiro atoms. The molecule has 0 atom stereocenters. The normalized spacial score (nSPS) is 14.0. The third-order valence-corrected chi connectivity index (χ3v) is 10.7. The molecule has 2 aliphatic heterocycles. The number of fused-ring (bicyclic) bond motifs is 7. The summed E-state index contributed by atoms with van der Waals surface area (Å²) in [5.41, 5.74) is 10.1. The van der Waals surface area contributed by atoms with Crippen LogP contribution in [0.25, 0.3) is 10.9 Å². The van der Waals surface area contributed by atoms with Crippen molar-refractivity contribution in [3.8, 4) is 11.5 Å². The molecule has 4 heterocycles. The maximum Gasteiger partial charge on any atom is 0.275 e. The molecule has 1 amide bonds. The highest BCUT2D eigenvalue weighted by atomic mass is 16.5. The van der Waals surface area contributed by atoms with Crippen LogP contribution >= 0.6 is 0 Å². The molecule has 0 bridgehead atoms. The molecule has 10 nitrogen and oxygen atoms in total. The Hall–Kier alpha value is -6.68. The van der Waals surface area contributed by atoms with E-state index in [2.05, 4.69) is 114 Å². The van der Waals surface area contributed by atoms with Crippen LogP contribution < -0.4 is 15.4 Å². The lowest BCUT2D eigenvalue weighted by Crippen LogP contribution is -2.44. The van der Waals surface area contributed by atoms with Crippen molar-refractivity contribution >= 4 is 34.4 Å². The van der Waals surface area contributed by atoms with Gasteiger partial charge in [0.2, 0.25) is 0 Å². The Kier molecular flexibility index (Phi) is 8.45. The van der Waals surface area contributed by atoms with Gasteiger partial charge in [-0.2, -0.15) is 5.10 Å². The molecule has 2 aliphatic rings. The summed E-state index contributed by atoms with van der Waals surface area (Å²) in [4.78, 5) is 14.8. The molecule has 2 N–H and O–H groups in total. The second kappa shape index (κ2) is 13.6. The molecule has 5 aromatic carbocycles. The number of carbonyl (C=O) groups is 1. The Morgan fingerprint density at radius 2 is 1.42 bits per heavy atom. The van der Waals surface area contributed by atoms with Crippen LogP contribution in [0, 0.1) is 13.8 Å². The highest BCUT2D eigenvalue weighted by Gasteiger charge is 2.57. The van der Waals surface area contributed by atoms with Crippen molar-refractivity contribution in [1.82, 2.24) is 24.6 Å². The Labute approximate surface area is 320 Å². The van der Waals surface area contributed by atoms with Crippen LogP contribution in [-0.2, 0) is 18.6 Å². The second-order valence-electron chi connectivity index (χ2n) is 14.2. The number of ether oxygens (including phenoxy) is 1. The van der Waals surface area contributed by atoms with E-state index in [-0.39, 0.29) is 5.91 Å². The van der Waals surface area contributed by atoms with Crippen molar-refractivity contribution in [2.24, 2.45) is 5.10 Å². The molecule has 0 aliphatic carbocycles. The van der Waals surface area contributed by atoms with Crippen LogP contribution in [0.2, 0.25) is 0 Å². The number of hydrogen-bond donors (Lipinski definition) is 2. The maximum absolute atomic E-state index is 14.8. The Morgan fingerprint density at radius 3 is 2.13 bits per heavy atom. The molecule has 2 aromatic heterocycles. The number of carbonyl (C=O) groups excluding carboxylic acids is 1. The van der Waals surface area contributed by atoms with E-state index >= 15 is 0 Å². The van der Waals surface area contributed by atoms with E-state index < -0.39 is 5.54 Å². The van der Waals surface area contributed by atoms with Crippen molar-refractivity contribution in [1.29, 1.82) is 0 Å². The number of nitrogens with one attached hydrogen (secondary N) is 2. The number of nitrogens with zero attached hydrogens (tertiary/aromatic N) is 6. The van der Waals surface area contributed by atoms with Gasteiger partial charge in [0.05, 0.1) is 25.5 Å². The minimum atomic E-state index is -1.09. The summed E-state index contributed by atoms with van der Waals surface area (Å²) >= 11 is 0. The molecular formula is C45H42N8O2. The zero-order valence-electron chi connectivity index (χ0n) is 31.4. The lowest BCUT2D eigenvalue weighted by molar-refractivity contribution is 0.0675. The summed E-state index contributed by atoms with van der Waals surface area (Å²) in [6, 6.07) is 34.8. The van der Waals surface area contributed by atoms with Gasteiger partial charge in [0.25, 0.3) is 5.91 Å². The van der Waals surface area contributed by atoms with E-state index in [4.69, 9.17) is 9.84 Å². The SMILES string of the molecule is CCNc1cc2c(cc1C)C1(c3cc(C)c(NCC)cc3O2)c2ccccc2C(=O)N1/N=C/c1cn(Cc2cn(Cc3ccccc3)nn2)c2ccccc12. The summed E-state index contributed by atoms with van der Waals surface area (Å²) in [6.45, 7) is 11.0.